The van der Waals surface area contributed by atoms with E-state index in [9.17, 15) is 0 Å². The topological polar surface area (TPSA) is 21.6 Å². The molecule has 96 valence electrons. The molecule has 0 fully saturated rings. The van der Waals surface area contributed by atoms with Gasteiger partial charge in [0.25, 0.3) is 0 Å². The van der Waals surface area contributed by atoms with Gasteiger partial charge in [0.2, 0.25) is 0 Å². The summed E-state index contributed by atoms with van der Waals surface area (Å²) in [4.78, 5) is 4.82. The second-order valence-corrected chi connectivity index (χ2v) is 5.41. The van der Waals surface area contributed by atoms with Crippen LogP contribution in [0.5, 0.6) is 5.75 Å². The van der Waals surface area contributed by atoms with Crippen molar-refractivity contribution in [1.82, 2.24) is 0 Å². The Balaban J connectivity index is 2.17. The normalized spacial score (nSPS) is 16.3. The summed E-state index contributed by atoms with van der Waals surface area (Å²) >= 11 is 0. The van der Waals surface area contributed by atoms with E-state index in [1.165, 1.54) is 5.56 Å². The van der Waals surface area contributed by atoms with E-state index in [4.69, 9.17) is 9.73 Å². The molecule has 1 aliphatic rings. The zero-order valence-corrected chi connectivity index (χ0v) is 11.5. The van der Waals surface area contributed by atoms with Crippen LogP contribution >= 0.6 is 0 Å². The van der Waals surface area contributed by atoms with E-state index in [1.807, 2.05) is 24.3 Å². The van der Waals surface area contributed by atoms with Gasteiger partial charge in [0.15, 0.2) is 0 Å². The second kappa shape index (κ2) is 4.23. The van der Waals surface area contributed by atoms with Crippen molar-refractivity contribution in [2.24, 2.45) is 4.99 Å². The van der Waals surface area contributed by atoms with Gasteiger partial charge >= 0.3 is 0 Å². The van der Waals surface area contributed by atoms with E-state index in [2.05, 4.69) is 45.0 Å². The van der Waals surface area contributed by atoms with Crippen molar-refractivity contribution >= 4 is 11.4 Å². The lowest BCUT2D eigenvalue weighted by atomic mass is 9.93. The Morgan fingerprint density at radius 1 is 1.00 bits per heavy atom. The summed E-state index contributed by atoms with van der Waals surface area (Å²) in [6, 6.07) is 16.3. The third-order valence-corrected chi connectivity index (χ3v) is 3.33. The van der Waals surface area contributed by atoms with Gasteiger partial charge in [0.1, 0.15) is 17.0 Å². The van der Waals surface area contributed by atoms with Crippen molar-refractivity contribution in [1.29, 1.82) is 0 Å². The van der Waals surface area contributed by atoms with Crippen LogP contribution in [0.25, 0.3) is 0 Å². The number of hydrogen-bond donors (Lipinski definition) is 0. The molecule has 2 aromatic carbocycles. The highest BCUT2D eigenvalue weighted by molar-refractivity contribution is 6.08. The minimum Gasteiger partial charge on any atom is -0.479 e. The fraction of sp³-hybridized carbons (Fsp3) is 0.235. The summed E-state index contributed by atoms with van der Waals surface area (Å²) in [5, 5.41) is 0. The molecule has 2 nitrogen and oxygen atoms in total. The van der Waals surface area contributed by atoms with E-state index in [0.29, 0.717) is 0 Å². The largest absolute Gasteiger partial charge is 0.479 e. The summed E-state index contributed by atoms with van der Waals surface area (Å²) in [6.07, 6.45) is 0. The highest BCUT2D eigenvalue weighted by Gasteiger charge is 2.32. The van der Waals surface area contributed by atoms with Gasteiger partial charge in [-0.1, -0.05) is 36.4 Å². The maximum atomic E-state index is 6.11. The molecule has 3 rings (SSSR count). The zero-order chi connectivity index (χ0) is 13.5. The van der Waals surface area contributed by atoms with Crippen LogP contribution < -0.4 is 4.74 Å². The third-order valence-electron chi connectivity index (χ3n) is 3.33. The lowest BCUT2D eigenvalue weighted by molar-refractivity contribution is 0.179. The van der Waals surface area contributed by atoms with Crippen LogP contribution in [-0.4, -0.2) is 11.3 Å². The first kappa shape index (κ1) is 12.0. The van der Waals surface area contributed by atoms with Gasteiger partial charge in [-0.2, -0.15) is 0 Å². The Bertz CT molecular complexity index is 642. The van der Waals surface area contributed by atoms with E-state index in [-0.39, 0.29) is 0 Å². The quantitative estimate of drug-likeness (QED) is 0.741. The standard InChI is InChI=1S/C17H17NO/c1-12-9-10-15-14(11-12)18-16(17(2,3)19-15)13-7-5-4-6-8-13/h4-11H,1-3H3. The molecular weight excluding hydrogens is 234 g/mol. The number of ether oxygens (including phenoxy) is 1. The predicted molar refractivity (Wildman–Crippen MR) is 78.5 cm³/mol. The number of aryl methyl sites for hydroxylation is 1. The molecule has 0 bridgehead atoms. The minimum atomic E-state index is -0.413. The van der Waals surface area contributed by atoms with Crippen LogP contribution in [0.4, 0.5) is 5.69 Å². The first-order valence-electron chi connectivity index (χ1n) is 6.50. The summed E-state index contributed by atoms with van der Waals surface area (Å²) < 4.78 is 6.11. The maximum absolute atomic E-state index is 6.11. The van der Waals surface area contributed by atoms with Crippen molar-refractivity contribution in [2.45, 2.75) is 26.4 Å². The van der Waals surface area contributed by atoms with Gasteiger partial charge in [0, 0.05) is 5.56 Å². The Morgan fingerprint density at radius 3 is 2.47 bits per heavy atom. The average Bonchev–Trinajstić information content (AvgIpc) is 2.39. The van der Waals surface area contributed by atoms with E-state index in [0.717, 1.165) is 22.7 Å². The van der Waals surface area contributed by atoms with Crippen LogP contribution in [0.2, 0.25) is 0 Å². The fourth-order valence-electron chi connectivity index (χ4n) is 2.39. The van der Waals surface area contributed by atoms with Gasteiger partial charge in [-0.15, -0.1) is 0 Å². The van der Waals surface area contributed by atoms with Crippen LogP contribution in [0.3, 0.4) is 0 Å². The van der Waals surface area contributed by atoms with E-state index >= 15 is 0 Å². The lowest BCUT2D eigenvalue weighted by Gasteiger charge is -2.33. The van der Waals surface area contributed by atoms with Crippen LogP contribution in [0.1, 0.15) is 25.0 Å². The lowest BCUT2D eigenvalue weighted by Crippen LogP contribution is -2.40. The smallest absolute Gasteiger partial charge is 0.146 e. The van der Waals surface area contributed by atoms with Crippen molar-refractivity contribution in [2.75, 3.05) is 0 Å². The molecule has 0 atom stereocenters. The molecule has 0 radical (unpaired) electrons. The molecule has 0 spiro atoms. The molecule has 0 unspecified atom stereocenters. The Morgan fingerprint density at radius 2 is 1.74 bits per heavy atom. The van der Waals surface area contributed by atoms with Crippen LogP contribution in [-0.2, 0) is 0 Å². The van der Waals surface area contributed by atoms with Crippen molar-refractivity contribution in [3.63, 3.8) is 0 Å². The summed E-state index contributed by atoms with van der Waals surface area (Å²) in [7, 11) is 0. The molecule has 2 heteroatoms. The molecule has 0 amide bonds. The predicted octanol–water partition coefficient (Wildman–Crippen LogP) is 4.29. The molecule has 0 saturated carbocycles. The average molecular weight is 251 g/mol. The number of aliphatic imine (C=N–C) groups is 1. The van der Waals surface area contributed by atoms with Crippen LogP contribution in [0, 0.1) is 6.92 Å². The molecule has 0 aliphatic carbocycles. The summed E-state index contributed by atoms with van der Waals surface area (Å²) in [5.41, 5.74) is 3.78. The first-order chi connectivity index (χ1) is 9.06. The van der Waals surface area contributed by atoms with E-state index < -0.39 is 5.60 Å². The number of fused-ring (bicyclic) bond motifs is 1. The van der Waals surface area contributed by atoms with Gasteiger partial charge in [-0.25, -0.2) is 4.99 Å². The molecule has 19 heavy (non-hydrogen) atoms. The molecule has 2 aromatic rings. The van der Waals surface area contributed by atoms with Gasteiger partial charge in [-0.3, -0.25) is 0 Å². The molecule has 0 saturated heterocycles. The summed E-state index contributed by atoms with van der Waals surface area (Å²) in [5.74, 6) is 0.857. The molecule has 1 heterocycles. The van der Waals surface area contributed by atoms with Crippen LogP contribution in [0.15, 0.2) is 53.5 Å². The second-order valence-electron chi connectivity index (χ2n) is 5.41. The fourth-order valence-corrected chi connectivity index (χ4v) is 2.39. The van der Waals surface area contributed by atoms with Gasteiger partial charge < -0.3 is 4.74 Å². The molecule has 0 aromatic heterocycles. The van der Waals surface area contributed by atoms with Crippen molar-refractivity contribution < 1.29 is 4.74 Å². The number of nitrogens with zero attached hydrogens (tertiary/aromatic N) is 1. The SMILES string of the molecule is Cc1ccc2c(c1)N=C(c1ccccc1)C(C)(C)O2. The highest BCUT2D eigenvalue weighted by Crippen LogP contribution is 2.38. The van der Waals surface area contributed by atoms with Crippen molar-refractivity contribution in [3.8, 4) is 5.75 Å². The third kappa shape index (κ3) is 2.14. The maximum Gasteiger partial charge on any atom is 0.146 e. The highest BCUT2D eigenvalue weighted by atomic mass is 16.5. The first-order valence-corrected chi connectivity index (χ1v) is 6.50. The Labute approximate surface area is 113 Å². The molecular formula is C17H17NO. The minimum absolute atomic E-state index is 0.413. The number of benzene rings is 2. The Kier molecular flexibility index (Phi) is 2.67. The monoisotopic (exact) mass is 251 g/mol. The van der Waals surface area contributed by atoms with Crippen molar-refractivity contribution in [3.05, 3.63) is 59.7 Å². The van der Waals surface area contributed by atoms with E-state index in [1.54, 1.807) is 0 Å². The molecule has 1 aliphatic heterocycles. The number of hydrogen-bond acceptors (Lipinski definition) is 2. The van der Waals surface area contributed by atoms with Gasteiger partial charge in [0.05, 0.1) is 5.71 Å². The summed E-state index contributed by atoms with van der Waals surface area (Å²) in [6.45, 7) is 6.18. The van der Waals surface area contributed by atoms with Gasteiger partial charge in [-0.05, 0) is 38.5 Å². The molecule has 0 N–H and O–H groups in total. The Hall–Kier alpha value is -2.09. The zero-order valence-electron chi connectivity index (χ0n) is 11.5. The number of rotatable bonds is 1.